The fourth-order valence-corrected chi connectivity index (χ4v) is 6.22. The van der Waals surface area contributed by atoms with Gasteiger partial charge in [0.1, 0.15) is 13.2 Å². The molecule has 0 saturated heterocycles. The van der Waals surface area contributed by atoms with Crippen LogP contribution in [0.2, 0.25) is 0 Å². The van der Waals surface area contributed by atoms with Gasteiger partial charge in [0.25, 0.3) is 0 Å². The van der Waals surface area contributed by atoms with Crippen LogP contribution in [0.25, 0.3) is 0 Å². The quantitative estimate of drug-likeness (QED) is 0.0200. The Morgan fingerprint density at radius 2 is 0.738 bits per heavy atom. The van der Waals surface area contributed by atoms with E-state index < -0.39 is 12.1 Å². The average molecular weight is 845 g/mol. The summed E-state index contributed by atoms with van der Waals surface area (Å²) in [6.45, 7) is 6.35. The van der Waals surface area contributed by atoms with Crippen LogP contribution in [0.15, 0.2) is 109 Å². The van der Waals surface area contributed by atoms with Crippen molar-refractivity contribution in [1.82, 2.24) is 0 Å². The number of carbonyl (C=O) groups excluding carboxylic acids is 3. The van der Waals surface area contributed by atoms with E-state index in [-0.39, 0.29) is 31.6 Å². The third-order valence-corrected chi connectivity index (χ3v) is 9.91. The van der Waals surface area contributed by atoms with Gasteiger partial charge < -0.3 is 14.2 Å². The molecule has 0 amide bonds. The Hall–Kier alpha value is -3.93. The van der Waals surface area contributed by atoms with Crippen molar-refractivity contribution in [2.75, 3.05) is 13.2 Å². The Bertz CT molecular complexity index is 1290. The fourth-order valence-electron chi connectivity index (χ4n) is 6.22. The SMILES string of the molecule is CC/C=C/C=C/C=C/C=C/C=C/C=C/CCCCCC(=O)OCC(COC(=O)CCCCC/C=C/CCCCCCCC)OC(=O)CC/C=C/C/C=C/CCCCCCCC. The molecular weight excluding hydrogens is 757 g/mol. The predicted octanol–water partition coefficient (Wildman–Crippen LogP) is 16.0. The summed E-state index contributed by atoms with van der Waals surface area (Å²) < 4.78 is 16.6. The lowest BCUT2D eigenvalue weighted by atomic mass is 10.1. The number of ether oxygens (including phenoxy) is 3. The van der Waals surface area contributed by atoms with E-state index in [0.717, 1.165) is 77.0 Å². The lowest BCUT2D eigenvalue weighted by Gasteiger charge is -2.18. The second-order valence-electron chi connectivity index (χ2n) is 15.8. The normalized spacial score (nSPS) is 13.0. The molecule has 0 N–H and O–H groups in total. The molecule has 0 fully saturated rings. The van der Waals surface area contributed by atoms with Crippen LogP contribution in [-0.2, 0) is 28.6 Å². The number of carbonyl (C=O) groups is 3. The van der Waals surface area contributed by atoms with Gasteiger partial charge >= 0.3 is 17.9 Å². The van der Waals surface area contributed by atoms with Crippen molar-refractivity contribution in [2.24, 2.45) is 0 Å². The summed E-state index contributed by atoms with van der Waals surface area (Å²) in [5.74, 6) is -1.06. The van der Waals surface area contributed by atoms with Crippen LogP contribution in [0.5, 0.6) is 0 Å². The molecule has 0 rings (SSSR count). The van der Waals surface area contributed by atoms with Gasteiger partial charge in [0, 0.05) is 19.3 Å². The van der Waals surface area contributed by atoms with Gasteiger partial charge in [0.2, 0.25) is 0 Å². The van der Waals surface area contributed by atoms with Crippen LogP contribution < -0.4 is 0 Å². The van der Waals surface area contributed by atoms with Gasteiger partial charge in [0.05, 0.1) is 0 Å². The third kappa shape index (κ3) is 47.0. The number of esters is 3. The standard InChI is InChI=1S/C55H88O6/c1-4-7-10-13-16-19-22-25-26-27-28-31-33-36-39-42-45-48-54(57)60-51-52(61-55(58)49-46-43-40-37-34-30-24-21-18-15-12-9-6-3)50-59-53(56)47-44-41-38-35-32-29-23-20-17-14-11-8-5-2/h7,10,13,16,19,22,25-34,40,43,52H,4-6,8-9,11-12,14-15,17-18,20-21,23-24,35-39,41-42,44-51H2,1-3H3/b10-7+,16-13+,22-19+,26-25+,28-27+,32-29+,33-31+,34-30+,43-40+. The summed E-state index contributed by atoms with van der Waals surface area (Å²) >= 11 is 0. The van der Waals surface area contributed by atoms with E-state index >= 15 is 0 Å². The Morgan fingerprint density at radius 3 is 1.21 bits per heavy atom. The van der Waals surface area contributed by atoms with Crippen LogP contribution in [0.4, 0.5) is 0 Å². The molecule has 0 radical (unpaired) electrons. The molecule has 0 aliphatic rings. The van der Waals surface area contributed by atoms with Crippen LogP contribution in [-0.4, -0.2) is 37.2 Å². The number of hydrogen-bond acceptors (Lipinski definition) is 6. The molecule has 344 valence electrons. The molecule has 6 nitrogen and oxygen atoms in total. The van der Waals surface area contributed by atoms with Crippen molar-refractivity contribution in [3.8, 4) is 0 Å². The molecule has 0 saturated carbocycles. The first-order chi connectivity index (χ1) is 30.0. The van der Waals surface area contributed by atoms with Crippen LogP contribution in [0.3, 0.4) is 0 Å². The molecule has 0 aliphatic carbocycles. The van der Waals surface area contributed by atoms with Crippen LogP contribution in [0, 0.1) is 0 Å². The van der Waals surface area contributed by atoms with E-state index in [1.807, 2.05) is 66.8 Å². The van der Waals surface area contributed by atoms with Crippen molar-refractivity contribution in [2.45, 2.75) is 207 Å². The lowest BCUT2D eigenvalue weighted by Crippen LogP contribution is -2.30. The van der Waals surface area contributed by atoms with Crippen molar-refractivity contribution in [3.63, 3.8) is 0 Å². The van der Waals surface area contributed by atoms with Crippen molar-refractivity contribution in [1.29, 1.82) is 0 Å². The Labute approximate surface area is 374 Å². The number of unbranched alkanes of at least 4 members (excludes halogenated alkanes) is 18. The van der Waals surface area contributed by atoms with Gasteiger partial charge in [-0.2, -0.15) is 0 Å². The van der Waals surface area contributed by atoms with Gasteiger partial charge in [-0.25, -0.2) is 0 Å². The van der Waals surface area contributed by atoms with E-state index in [1.54, 1.807) is 0 Å². The molecule has 0 aromatic carbocycles. The summed E-state index contributed by atoms with van der Waals surface area (Å²) in [4.78, 5) is 37.8. The molecule has 0 aromatic heterocycles. The smallest absolute Gasteiger partial charge is 0.306 e. The monoisotopic (exact) mass is 845 g/mol. The highest BCUT2D eigenvalue weighted by Gasteiger charge is 2.19. The van der Waals surface area contributed by atoms with Crippen LogP contribution in [0.1, 0.15) is 201 Å². The maximum atomic E-state index is 12.7. The number of hydrogen-bond donors (Lipinski definition) is 0. The van der Waals surface area contributed by atoms with Gasteiger partial charge in [-0.15, -0.1) is 0 Å². The predicted molar refractivity (Wildman–Crippen MR) is 260 cm³/mol. The second kappa shape index (κ2) is 48.7. The molecule has 0 bridgehead atoms. The Kier molecular flexibility index (Phi) is 45.6. The first-order valence-electron chi connectivity index (χ1n) is 24.5. The summed E-state index contributed by atoms with van der Waals surface area (Å²) in [6, 6.07) is 0. The van der Waals surface area contributed by atoms with Crippen LogP contribution >= 0.6 is 0 Å². The van der Waals surface area contributed by atoms with Gasteiger partial charge in [-0.05, 0) is 83.5 Å². The highest BCUT2D eigenvalue weighted by atomic mass is 16.6. The molecule has 0 aliphatic heterocycles. The van der Waals surface area contributed by atoms with E-state index in [9.17, 15) is 14.4 Å². The van der Waals surface area contributed by atoms with E-state index in [2.05, 4.69) is 63.3 Å². The summed E-state index contributed by atoms with van der Waals surface area (Å²) in [5, 5.41) is 0. The van der Waals surface area contributed by atoms with E-state index in [1.165, 1.54) is 77.0 Å². The van der Waals surface area contributed by atoms with Crippen molar-refractivity contribution < 1.29 is 28.6 Å². The van der Waals surface area contributed by atoms with Gasteiger partial charge in [0.15, 0.2) is 6.10 Å². The highest BCUT2D eigenvalue weighted by Crippen LogP contribution is 2.11. The Balaban J connectivity index is 4.58. The average Bonchev–Trinajstić information content (AvgIpc) is 3.26. The zero-order chi connectivity index (χ0) is 44.4. The number of rotatable bonds is 42. The molecule has 61 heavy (non-hydrogen) atoms. The molecule has 0 heterocycles. The molecule has 6 heteroatoms. The zero-order valence-electron chi connectivity index (χ0n) is 39.1. The van der Waals surface area contributed by atoms with Gasteiger partial charge in [-0.3, -0.25) is 14.4 Å². The first kappa shape index (κ1) is 57.1. The minimum absolute atomic E-state index is 0.125. The lowest BCUT2D eigenvalue weighted by molar-refractivity contribution is -0.166. The fraction of sp³-hybridized carbons (Fsp3) is 0.618. The zero-order valence-corrected chi connectivity index (χ0v) is 39.1. The first-order valence-corrected chi connectivity index (χ1v) is 24.5. The summed E-state index contributed by atoms with van der Waals surface area (Å²) in [5.41, 5.74) is 0. The summed E-state index contributed by atoms with van der Waals surface area (Å²) in [7, 11) is 0. The molecule has 1 atom stereocenters. The third-order valence-electron chi connectivity index (χ3n) is 9.91. The molecule has 1 unspecified atom stereocenters. The number of allylic oxidation sites excluding steroid dienone is 18. The molecule has 0 spiro atoms. The highest BCUT2D eigenvalue weighted by molar-refractivity contribution is 5.71. The summed E-state index contributed by atoms with van der Waals surface area (Å²) in [6.07, 6.45) is 65.1. The Morgan fingerprint density at radius 1 is 0.361 bits per heavy atom. The largest absolute Gasteiger partial charge is 0.462 e. The topological polar surface area (TPSA) is 78.9 Å². The molecular formula is C55H88O6. The van der Waals surface area contributed by atoms with Crippen molar-refractivity contribution in [3.05, 3.63) is 109 Å². The maximum Gasteiger partial charge on any atom is 0.306 e. The van der Waals surface area contributed by atoms with Crippen molar-refractivity contribution >= 4 is 17.9 Å². The second-order valence-corrected chi connectivity index (χ2v) is 15.8. The maximum absolute atomic E-state index is 12.7. The van der Waals surface area contributed by atoms with Gasteiger partial charge in [-0.1, -0.05) is 207 Å². The minimum atomic E-state index is -0.833. The molecule has 0 aromatic rings. The minimum Gasteiger partial charge on any atom is -0.462 e. The van der Waals surface area contributed by atoms with E-state index in [4.69, 9.17) is 14.2 Å². The van der Waals surface area contributed by atoms with E-state index in [0.29, 0.717) is 19.3 Å².